The van der Waals surface area contributed by atoms with Crippen molar-refractivity contribution in [2.24, 2.45) is 7.05 Å². The lowest BCUT2D eigenvalue weighted by atomic mass is 10.2. The van der Waals surface area contributed by atoms with Crippen LogP contribution >= 0.6 is 23.2 Å². The number of hydrogen-bond acceptors (Lipinski definition) is 4. The Morgan fingerprint density at radius 3 is 2.67 bits per heavy atom. The van der Waals surface area contributed by atoms with Gasteiger partial charge in [0, 0.05) is 30.0 Å². The van der Waals surface area contributed by atoms with E-state index in [-0.39, 0.29) is 27.0 Å². The zero-order chi connectivity index (χ0) is 15.6. The van der Waals surface area contributed by atoms with Crippen LogP contribution in [0.5, 0.6) is 0 Å². The summed E-state index contributed by atoms with van der Waals surface area (Å²) in [5.41, 5.74) is 0.179. The molecule has 0 atom stereocenters. The molecule has 0 radical (unpaired) electrons. The van der Waals surface area contributed by atoms with Gasteiger partial charge in [0.25, 0.3) is 0 Å². The number of nitrogens with one attached hydrogen (secondary N) is 1. The summed E-state index contributed by atoms with van der Waals surface area (Å²) in [5.74, 6) is 0.561. The van der Waals surface area contributed by atoms with Gasteiger partial charge in [-0.1, -0.05) is 23.2 Å². The molecule has 114 valence electrons. The number of benzene rings is 1. The van der Waals surface area contributed by atoms with Gasteiger partial charge < -0.3 is 9.67 Å². The first-order valence-electron chi connectivity index (χ1n) is 5.90. The predicted molar refractivity (Wildman–Crippen MR) is 79.6 cm³/mol. The lowest BCUT2D eigenvalue weighted by molar-refractivity contribution is 0.281. The molecule has 1 heterocycles. The van der Waals surface area contributed by atoms with Gasteiger partial charge in [-0.25, -0.2) is 18.1 Å². The van der Waals surface area contributed by atoms with Gasteiger partial charge >= 0.3 is 0 Å². The zero-order valence-electron chi connectivity index (χ0n) is 11.0. The molecule has 0 aliphatic carbocycles. The van der Waals surface area contributed by atoms with Gasteiger partial charge in [0.05, 0.1) is 18.2 Å². The number of rotatable bonds is 5. The smallest absolute Gasteiger partial charge is 0.242 e. The molecule has 2 N–H and O–H groups in total. The average Bonchev–Trinajstić information content (AvgIpc) is 2.82. The molecule has 0 spiro atoms. The summed E-state index contributed by atoms with van der Waals surface area (Å²) in [6, 6.07) is 2.68. The minimum absolute atomic E-state index is 0.0270. The lowest BCUT2D eigenvalue weighted by Crippen LogP contribution is -2.25. The van der Waals surface area contributed by atoms with Crippen LogP contribution in [0.25, 0.3) is 0 Å². The van der Waals surface area contributed by atoms with Crippen molar-refractivity contribution in [2.45, 2.75) is 18.0 Å². The molecular formula is C12H13Cl2N3O3S. The van der Waals surface area contributed by atoms with Crippen LogP contribution in [0.3, 0.4) is 0 Å². The fraction of sp³-hybridized carbons (Fsp3) is 0.250. The van der Waals surface area contributed by atoms with Crippen LogP contribution in [-0.2, 0) is 30.2 Å². The standard InChI is InChI=1S/C12H13Cl2N3O3S/c1-17-5-4-15-11(17)6-16-21(19,20)10-3-2-9(13)8(7-18)12(10)14/h2-5,16,18H,6-7H2,1H3. The van der Waals surface area contributed by atoms with Crippen LogP contribution in [-0.4, -0.2) is 23.1 Å². The molecule has 0 aliphatic heterocycles. The third-order valence-electron chi connectivity index (χ3n) is 2.94. The van der Waals surface area contributed by atoms with Gasteiger partial charge in [-0.15, -0.1) is 0 Å². The molecule has 2 aromatic rings. The van der Waals surface area contributed by atoms with Crippen molar-refractivity contribution < 1.29 is 13.5 Å². The van der Waals surface area contributed by atoms with Crippen LogP contribution in [0.2, 0.25) is 10.0 Å². The van der Waals surface area contributed by atoms with Crippen molar-refractivity contribution in [2.75, 3.05) is 0 Å². The van der Waals surface area contributed by atoms with Crippen LogP contribution in [0.15, 0.2) is 29.4 Å². The van der Waals surface area contributed by atoms with E-state index in [9.17, 15) is 13.5 Å². The van der Waals surface area contributed by atoms with Crippen molar-refractivity contribution in [3.05, 3.63) is 46.0 Å². The third-order valence-corrected chi connectivity index (χ3v) is 5.28. The number of aromatic nitrogens is 2. The van der Waals surface area contributed by atoms with E-state index in [0.29, 0.717) is 5.82 Å². The summed E-state index contributed by atoms with van der Waals surface area (Å²) < 4.78 is 28.7. The summed E-state index contributed by atoms with van der Waals surface area (Å²) in [7, 11) is -2.08. The summed E-state index contributed by atoms with van der Waals surface area (Å²) in [4.78, 5) is 3.89. The molecule has 0 unspecified atom stereocenters. The summed E-state index contributed by atoms with van der Waals surface area (Å²) >= 11 is 11.9. The molecule has 0 bridgehead atoms. The molecule has 0 fully saturated rings. The van der Waals surface area contributed by atoms with E-state index < -0.39 is 16.6 Å². The Morgan fingerprint density at radius 1 is 1.38 bits per heavy atom. The summed E-state index contributed by atoms with van der Waals surface area (Å²) in [6.07, 6.45) is 3.28. The summed E-state index contributed by atoms with van der Waals surface area (Å²) in [6.45, 7) is -0.417. The van der Waals surface area contributed by atoms with Gasteiger partial charge in [-0.05, 0) is 12.1 Å². The molecule has 2 rings (SSSR count). The van der Waals surface area contributed by atoms with Gasteiger partial charge in [-0.2, -0.15) is 0 Å². The molecule has 21 heavy (non-hydrogen) atoms. The van der Waals surface area contributed by atoms with Crippen molar-refractivity contribution in [1.82, 2.24) is 14.3 Å². The Bertz CT molecular complexity index is 759. The highest BCUT2D eigenvalue weighted by Gasteiger charge is 2.21. The van der Waals surface area contributed by atoms with E-state index in [2.05, 4.69) is 9.71 Å². The van der Waals surface area contributed by atoms with Gasteiger partial charge in [0.15, 0.2) is 0 Å². The number of aryl methyl sites for hydroxylation is 1. The quantitative estimate of drug-likeness (QED) is 0.860. The van der Waals surface area contributed by atoms with Crippen molar-refractivity contribution >= 4 is 33.2 Å². The van der Waals surface area contributed by atoms with Gasteiger partial charge in [0.2, 0.25) is 10.0 Å². The monoisotopic (exact) mass is 349 g/mol. The lowest BCUT2D eigenvalue weighted by Gasteiger charge is -2.11. The highest BCUT2D eigenvalue weighted by molar-refractivity contribution is 7.89. The fourth-order valence-electron chi connectivity index (χ4n) is 1.73. The Labute approximate surface area is 132 Å². The highest BCUT2D eigenvalue weighted by atomic mass is 35.5. The number of nitrogens with zero attached hydrogens (tertiary/aromatic N) is 2. The molecule has 6 nitrogen and oxygen atoms in total. The third kappa shape index (κ3) is 3.38. The van der Waals surface area contributed by atoms with E-state index in [0.717, 1.165) is 0 Å². The number of halogens is 2. The largest absolute Gasteiger partial charge is 0.392 e. The second-order valence-electron chi connectivity index (χ2n) is 4.28. The predicted octanol–water partition coefficient (Wildman–Crippen LogP) is 1.70. The molecule has 0 saturated carbocycles. The molecular weight excluding hydrogens is 337 g/mol. The first-order valence-corrected chi connectivity index (χ1v) is 8.14. The average molecular weight is 350 g/mol. The maximum atomic E-state index is 12.3. The van der Waals surface area contributed by atoms with Gasteiger partial charge in [-0.3, -0.25) is 0 Å². The number of imidazole rings is 1. The van der Waals surface area contributed by atoms with E-state index >= 15 is 0 Å². The molecule has 9 heteroatoms. The number of hydrogen-bond donors (Lipinski definition) is 2. The maximum absolute atomic E-state index is 12.3. The molecule has 0 aliphatic rings. The number of aliphatic hydroxyl groups is 1. The fourth-order valence-corrected chi connectivity index (χ4v) is 3.61. The van der Waals surface area contributed by atoms with Crippen LogP contribution in [0.4, 0.5) is 0 Å². The Kier molecular flexibility index (Phi) is 4.90. The molecule has 0 amide bonds. The van der Waals surface area contributed by atoms with Crippen LogP contribution in [0, 0.1) is 0 Å². The SMILES string of the molecule is Cn1ccnc1CNS(=O)(=O)c1ccc(Cl)c(CO)c1Cl. The van der Waals surface area contributed by atoms with Crippen molar-refractivity contribution in [3.63, 3.8) is 0 Å². The second kappa shape index (κ2) is 6.33. The topological polar surface area (TPSA) is 84.2 Å². The summed E-state index contributed by atoms with van der Waals surface area (Å²) in [5, 5.41) is 9.34. The van der Waals surface area contributed by atoms with E-state index in [1.807, 2.05) is 0 Å². The van der Waals surface area contributed by atoms with Crippen LogP contribution in [0.1, 0.15) is 11.4 Å². The second-order valence-corrected chi connectivity index (χ2v) is 6.80. The van der Waals surface area contributed by atoms with E-state index in [4.69, 9.17) is 23.2 Å². The Balaban J connectivity index is 2.30. The van der Waals surface area contributed by atoms with E-state index in [1.165, 1.54) is 12.1 Å². The molecule has 0 saturated heterocycles. The zero-order valence-corrected chi connectivity index (χ0v) is 13.4. The first-order chi connectivity index (χ1) is 9.86. The molecule has 1 aromatic heterocycles. The minimum atomic E-state index is -3.84. The maximum Gasteiger partial charge on any atom is 0.242 e. The highest BCUT2D eigenvalue weighted by Crippen LogP contribution is 2.31. The van der Waals surface area contributed by atoms with Crippen molar-refractivity contribution in [1.29, 1.82) is 0 Å². The van der Waals surface area contributed by atoms with Crippen molar-refractivity contribution in [3.8, 4) is 0 Å². The van der Waals surface area contributed by atoms with Gasteiger partial charge in [0.1, 0.15) is 10.7 Å². The normalized spacial score (nSPS) is 11.8. The van der Waals surface area contributed by atoms with Crippen LogP contribution < -0.4 is 4.72 Å². The number of aliphatic hydroxyl groups excluding tert-OH is 1. The first kappa shape index (κ1) is 16.3. The number of sulfonamides is 1. The molecule has 1 aromatic carbocycles. The van der Waals surface area contributed by atoms with E-state index in [1.54, 1.807) is 24.0 Å². The Morgan fingerprint density at radius 2 is 2.10 bits per heavy atom. The minimum Gasteiger partial charge on any atom is -0.392 e. The Hall–Kier alpha value is -1.12.